The van der Waals surface area contributed by atoms with E-state index in [-0.39, 0.29) is 24.8 Å². The van der Waals surface area contributed by atoms with Gasteiger partial charge in [0.25, 0.3) is 0 Å². The van der Waals surface area contributed by atoms with Gasteiger partial charge >= 0.3 is 0 Å². The Bertz CT molecular complexity index is 267. The lowest BCUT2D eigenvalue weighted by atomic mass is 10.2. The van der Waals surface area contributed by atoms with E-state index in [4.69, 9.17) is 5.73 Å². The lowest BCUT2D eigenvalue weighted by Crippen LogP contribution is -2.26. The number of halogens is 2. The highest BCUT2D eigenvalue weighted by atomic mass is 35.5. The van der Waals surface area contributed by atoms with Crippen LogP contribution in [0.25, 0.3) is 0 Å². The van der Waals surface area contributed by atoms with E-state index in [1.165, 1.54) is 5.56 Å². The van der Waals surface area contributed by atoms with Crippen LogP contribution in [0.3, 0.4) is 0 Å². The van der Waals surface area contributed by atoms with Crippen LogP contribution in [0.1, 0.15) is 12.0 Å². The molecule has 0 bridgehead atoms. The Labute approximate surface area is 104 Å². The van der Waals surface area contributed by atoms with Crippen LogP contribution >= 0.6 is 24.8 Å². The summed E-state index contributed by atoms with van der Waals surface area (Å²) in [4.78, 5) is 2.42. The fourth-order valence-corrected chi connectivity index (χ4v) is 1.85. The average molecular weight is 249 g/mol. The standard InChI is InChI=1S/C11H16N2.2ClH/c12-11-6-7-13(9-11)8-10-4-2-1-3-5-10;;/h1-5,11H,6-9,12H2;2*1H/t11-;;/m1../s1. The Hall–Kier alpha value is -0.280. The van der Waals surface area contributed by atoms with Crippen LogP contribution < -0.4 is 5.73 Å². The molecule has 0 radical (unpaired) electrons. The maximum Gasteiger partial charge on any atom is 0.0234 e. The number of benzene rings is 1. The van der Waals surface area contributed by atoms with Crippen molar-refractivity contribution in [3.05, 3.63) is 35.9 Å². The van der Waals surface area contributed by atoms with Gasteiger partial charge in [0.2, 0.25) is 0 Å². The predicted octanol–water partition coefficient (Wildman–Crippen LogP) is 2.06. The van der Waals surface area contributed by atoms with Crippen molar-refractivity contribution in [2.24, 2.45) is 5.73 Å². The number of likely N-dealkylation sites (tertiary alicyclic amines) is 1. The zero-order chi connectivity index (χ0) is 9.10. The molecule has 0 unspecified atom stereocenters. The molecule has 0 spiro atoms. The summed E-state index contributed by atoms with van der Waals surface area (Å²) in [7, 11) is 0. The monoisotopic (exact) mass is 248 g/mol. The summed E-state index contributed by atoms with van der Waals surface area (Å²) >= 11 is 0. The third-order valence-electron chi connectivity index (χ3n) is 2.56. The van der Waals surface area contributed by atoms with E-state index in [1.807, 2.05) is 0 Å². The van der Waals surface area contributed by atoms with Gasteiger partial charge in [-0.15, -0.1) is 24.8 Å². The van der Waals surface area contributed by atoms with Crippen molar-refractivity contribution < 1.29 is 0 Å². The molecule has 0 aliphatic carbocycles. The molecule has 1 atom stereocenters. The minimum atomic E-state index is 0. The summed E-state index contributed by atoms with van der Waals surface area (Å²) < 4.78 is 0. The zero-order valence-electron chi connectivity index (χ0n) is 8.63. The second-order valence-electron chi connectivity index (χ2n) is 3.77. The maximum atomic E-state index is 5.84. The molecule has 86 valence electrons. The molecule has 1 heterocycles. The third-order valence-corrected chi connectivity index (χ3v) is 2.56. The molecular formula is C11H18Cl2N2. The number of nitrogens with zero attached hydrogens (tertiary/aromatic N) is 1. The van der Waals surface area contributed by atoms with E-state index in [9.17, 15) is 0 Å². The molecule has 1 aliphatic rings. The molecule has 1 saturated heterocycles. The van der Waals surface area contributed by atoms with Crippen LogP contribution in [0.15, 0.2) is 30.3 Å². The van der Waals surface area contributed by atoms with Crippen LogP contribution in [0.2, 0.25) is 0 Å². The van der Waals surface area contributed by atoms with Crippen LogP contribution in [0.5, 0.6) is 0 Å². The Morgan fingerprint density at radius 3 is 2.40 bits per heavy atom. The lowest BCUT2D eigenvalue weighted by Gasteiger charge is -2.14. The van der Waals surface area contributed by atoms with Gasteiger partial charge in [0, 0.05) is 25.7 Å². The Kier molecular flexibility index (Phi) is 6.94. The first-order chi connectivity index (χ1) is 6.34. The first-order valence-electron chi connectivity index (χ1n) is 4.86. The van der Waals surface area contributed by atoms with Gasteiger partial charge in [-0.1, -0.05) is 30.3 Å². The van der Waals surface area contributed by atoms with Crippen molar-refractivity contribution in [2.75, 3.05) is 13.1 Å². The van der Waals surface area contributed by atoms with Gasteiger partial charge in [-0.3, -0.25) is 4.90 Å². The summed E-state index contributed by atoms with van der Waals surface area (Å²) in [6.07, 6.45) is 1.15. The summed E-state index contributed by atoms with van der Waals surface area (Å²) in [6.45, 7) is 3.25. The highest BCUT2D eigenvalue weighted by molar-refractivity contribution is 5.85. The Morgan fingerprint density at radius 2 is 1.87 bits per heavy atom. The topological polar surface area (TPSA) is 29.3 Å². The molecule has 1 aromatic rings. The van der Waals surface area contributed by atoms with Crippen LogP contribution in [-0.4, -0.2) is 24.0 Å². The first kappa shape index (κ1) is 14.7. The molecule has 2 N–H and O–H groups in total. The Balaban J connectivity index is 0.000000980. The fraction of sp³-hybridized carbons (Fsp3) is 0.455. The lowest BCUT2D eigenvalue weighted by molar-refractivity contribution is 0.327. The van der Waals surface area contributed by atoms with Gasteiger partial charge in [-0.05, 0) is 12.0 Å². The van der Waals surface area contributed by atoms with Gasteiger partial charge in [-0.25, -0.2) is 0 Å². The van der Waals surface area contributed by atoms with Crippen molar-refractivity contribution in [2.45, 2.75) is 19.0 Å². The number of hydrogen-bond donors (Lipinski definition) is 1. The van der Waals surface area contributed by atoms with Crippen molar-refractivity contribution in [1.29, 1.82) is 0 Å². The molecule has 0 saturated carbocycles. The van der Waals surface area contributed by atoms with Crippen molar-refractivity contribution in [1.82, 2.24) is 4.90 Å². The van der Waals surface area contributed by atoms with Crippen LogP contribution in [0.4, 0.5) is 0 Å². The fourth-order valence-electron chi connectivity index (χ4n) is 1.85. The second-order valence-corrected chi connectivity index (χ2v) is 3.77. The quantitative estimate of drug-likeness (QED) is 0.869. The number of rotatable bonds is 2. The van der Waals surface area contributed by atoms with E-state index < -0.39 is 0 Å². The maximum absolute atomic E-state index is 5.84. The van der Waals surface area contributed by atoms with Gasteiger partial charge in [0.1, 0.15) is 0 Å². The molecule has 1 fully saturated rings. The summed E-state index contributed by atoms with van der Waals surface area (Å²) in [5.74, 6) is 0. The highest BCUT2D eigenvalue weighted by Gasteiger charge is 2.18. The number of hydrogen-bond acceptors (Lipinski definition) is 2. The van der Waals surface area contributed by atoms with Gasteiger partial charge in [-0.2, -0.15) is 0 Å². The molecule has 2 rings (SSSR count). The molecular weight excluding hydrogens is 231 g/mol. The van der Waals surface area contributed by atoms with E-state index in [0.29, 0.717) is 6.04 Å². The first-order valence-corrected chi connectivity index (χ1v) is 4.86. The number of nitrogens with two attached hydrogens (primary N) is 1. The van der Waals surface area contributed by atoms with Crippen LogP contribution in [-0.2, 0) is 6.54 Å². The summed E-state index contributed by atoms with van der Waals surface area (Å²) in [5.41, 5.74) is 7.22. The third kappa shape index (κ3) is 4.39. The van der Waals surface area contributed by atoms with Crippen molar-refractivity contribution in [3.63, 3.8) is 0 Å². The van der Waals surface area contributed by atoms with Gasteiger partial charge < -0.3 is 5.73 Å². The highest BCUT2D eigenvalue weighted by Crippen LogP contribution is 2.11. The molecule has 2 nitrogen and oxygen atoms in total. The van der Waals surface area contributed by atoms with E-state index in [2.05, 4.69) is 35.2 Å². The summed E-state index contributed by atoms with van der Waals surface area (Å²) in [5, 5.41) is 0. The molecule has 15 heavy (non-hydrogen) atoms. The van der Waals surface area contributed by atoms with Gasteiger partial charge in [0.15, 0.2) is 0 Å². The average Bonchev–Trinajstić information content (AvgIpc) is 2.53. The molecule has 0 aromatic heterocycles. The Morgan fingerprint density at radius 1 is 1.20 bits per heavy atom. The van der Waals surface area contributed by atoms with Gasteiger partial charge in [0.05, 0.1) is 0 Å². The molecule has 1 aromatic carbocycles. The van der Waals surface area contributed by atoms with Crippen LogP contribution in [0, 0.1) is 0 Å². The van der Waals surface area contributed by atoms with Crippen molar-refractivity contribution >= 4 is 24.8 Å². The normalized spacial score (nSPS) is 20.5. The van der Waals surface area contributed by atoms with E-state index >= 15 is 0 Å². The molecule has 4 heteroatoms. The molecule has 1 aliphatic heterocycles. The predicted molar refractivity (Wildman–Crippen MR) is 68.8 cm³/mol. The summed E-state index contributed by atoms with van der Waals surface area (Å²) in [6, 6.07) is 11.0. The molecule has 0 amide bonds. The SMILES string of the molecule is Cl.Cl.N[C@@H]1CCN(Cc2ccccc2)C1. The smallest absolute Gasteiger partial charge is 0.0234 e. The largest absolute Gasteiger partial charge is 0.326 e. The minimum Gasteiger partial charge on any atom is -0.326 e. The second kappa shape index (κ2) is 7.07. The minimum absolute atomic E-state index is 0. The van der Waals surface area contributed by atoms with E-state index in [1.54, 1.807) is 0 Å². The van der Waals surface area contributed by atoms with Crippen molar-refractivity contribution in [3.8, 4) is 0 Å². The zero-order valence-corrected chi connectivity index (χ0v) is 10.3. The van der Waals surface area contributed by atoms with E-state index in [0.717, 1.165) is 26.1 Å².